The standard InChI is InChI=1S/C17H21N3O3/c1-3-12(2)15(21)10-18-17(23)16(22)13-9-19-20(11-13)14-7-5-4-6-8-14/h4-9,11-12,15,21H,3,10H2,1-2H3,(H,18,23). The van der Waals surface area contributed by atoms with Crippen molar-refractivity contribution in [2.75, 3.05) is 6.54 Å². The Morgan fingerprint density at radius 3 is 2.65 bits per heavy atom. The number of aromatic nitrogens is 2. The van der Waals surface area contributed by atoms with Crippen LogP contribution in [0.5, 0.6) is 0 Å². The average Bonchev–Trinajstić information content (AvgIpc) is 3.08. The van der Waals surface area contributed by atoms with E-state index in [9.17, 15) is 14.7 Å². The number of carbonyl (C=O) groups excluding carboxylic acids is 2. The summed E-state index contributed by atoms with van der Waals surface area (Å²) in [7, 11) is 0. The second-order valence-electron chi connectivity index (χ2n) is 5.50. The molecule has 0 aliphatic rings. The van der Waals surface area contributed by atoms with Gasteiger partial charge in [0.1, 0.15) is 0 Å². The quantitative estimate of drug-likeness (QED) is 0.600. The Balaban J connectivity index is 1.98. The van der Waals surface area contributed by atoms with Crippen LogP contribution < -0.4 is 5.32 Å². The molecule has 1 aromatic heterocycles. The topological polar surface area (TPSA) is 84.2 Å². The predicted molar refractivity (Wildman–Crippen MR) is 86.4 cm³/mol. The van der Waals surface area contributed by atoms with E-state index < -0.39 is 17.8 Å². The summed E-state index contributed by atoms with van der Waals surface area (Å²) in [5.41, 5.74) is 1.02. The Morgan fingerprint density at radius 1 is 1.30 bits per heavy atom. The monoisotopic (exact) mass is 315 g/mol. The number of aliphatic hydroxyl groups excluding tert-OH is 1. The zero-order chi connectivity index (χ0) is 16.8. The van der Waals surface area contributed by atoms with Gasteiger partial charge in [0.25, 0.3) is 11.7 Å². The number of amides is 1. The second-order valence-corrected chi connectivity index (χ2v) is 5.50. The van der Waals surface area contributed by atoms with Gasteiger partial charge in [-0.2, -0.15) is 5.10 Å². The van der Waals surface area contributed by atoms with Crippen molar-refractivity contribution < 1.29 is 14.7 Å². The van der Waals surface area contributed by atoms with Crippen LogP contribution in [0.3, 0.4) is 0 Å². The maximum atomic E-state index is 12.1. The highest BCUT2D eigenvalue weighted by Gasteiger charge is 2.20. The zero-order valence-corrected chi connectivity index (χ0v) is 13.3. The molecule has 1 heterocycles. The summed E-state index contributed by atoms with van der Waals surface area (Å²) < 4.78 is 1.54. The van der Waals surface area contributed by atoms with Gasteiger partial charge in [-0.05, 0) is 18.1 Å². The summed E-state index contributed by atoms with van der Waals surface area (Å²) >= 11 is 0. The van der Waals surface area contributed by atoms with Crippen LogP contribution in [0.2, 0.25) is 0 Å². The van der Waals surface area contributed by atoms with Crippen LogP contribution in [0, 0.1) is 5.92 Å². The van der Waals surface area contributed by atoms with E-state index in [-0.39, 0.29) is 18.0 Å². The van der Waals surface area contributed by atoms with Gasteiger partial charge in [0.2, 0.25) is 0 Å². The smallest absolute Gasteiger partial charge is 0.292 e. The van der Waals surface area contributed by atoms with Gasteiger partial charge in [-0.25, -0.2) is 4.68 Å². The first-order valence-electron chi connectivity index (χ1n) is 7.63. The largest absolute Gasteiger partial charge is 0.391 e. The van der Waals surface area contributed by atoms with Crippen molar-refractivity contribution in [3.63, 3.8) is 0 Å². The molecule has 1 aromatic carbocycles. The highest BCUT2D eigenvalue weighted by atomic mass is 16.3. The highest BCUT2D eigenvalue weighted by Crippen LogP contribution is 2.09. The predicted octanol–water partition coefficient (Wildman–Crippen LogP) is 1.58. The van der Waals surface area contributed by atoms with Crippen molar-refractivity contribution in [3.8, 4) is 5.69 Å². The van der Waals surface area contributed by atoms with Gasteiger partial charge in [-0.1, -0.05) is 38.5 Å². The molecule has 0 saturated carbocycles. The minimum Gasteiger partial charge on any atom is -0.391 e. The average molecular weight is 315 g/mol. The van der Waals surface area contributed by atoms with Crippen LogP contribution in [0.4, 0.5) is 0 Å². The number of hydrogen-bond donors (Lipinski definition) is 2. The van der Waals surface area contributed by atoms with Crippen LogP contribution in [-0.4, -0.2) is 39.2 Å². The molecule has 0 bridgehead atoms. The minimum atomic E-state index is -0.736. The van der Waals surface area contributed by atoms with E-state index in [4.69, 9.17) is 0 Å². The summed E-state index contributed by atoms with van der Waals surface area (Å²) in [5.74, 6) is -1.34. The van der Waals surface area contributed by atoms with E-state index in [0.717, 1.165) is 12.1 Å². The first-order valence-corrected chi connectivity index (χ1v) is 7.63. The summed E-state index contributed by atoms with van der Waals surface area (Å²) in [5, 5.41) is 16.4. The van der Waals surface area contributed by atoms with Crippen LogP contribution in [0.15, 0.2) is 42.7 Å². The number of para-hydroxylation sites is 1. The summed E-state index contributed by atoms with van der Waals surface area (Å²) in [6.45, 7) is 3.91. The first kappa shape index (κ1) is 16.9. The third-order valence-corrected chi connectivity index (χ3v) is 3.84. The van der Waals surface area contributed by atoms with E-state index in [0.29, 0.717) is 0 Å². The molecule has 2 atom stereocenters. The number of rotatable bonds is 7. The number of nitrogens with zero attached hydrogens (tertiary/aromatic N) is 2. The molecular formula is C17H21N3O3. The lowest BCUT2D eigenvalue weighted by atomic mass is 10.0. The van der Waals surface area contributed by atoms with Crippen LogP contribution in [-0.2, 0) is 4.79 Å². The fourth-order valence-corrected chi connectivity index (χ4v) is 2.04. The SMILES string of the molecule is CCC(C)C(O)CNC(=O)C(=O)c1cnn(-c2ccccc2)c1. The Hall–Kier alpha value is -2.47. The third kappa shape index (κ3) is 4.26. The van der Waals surface area contributed by atoms with Gasteiger partial charge in [0.15, 0.2) is 0 Å². The molecule has 0 aliphatic heterocycles. The molecule has 0 radical (unpaired) electrons. The van der Waals surface area contributed by atoms with Gasteiger partial charge in [0, 0.05) is 12.7 Å². The lowest BCUT2D eigenvalue weighted by Gasteiger charge is -2.17. The van der Waals surface area contributed by atoms with Crippen molar-refractivity contribution in [2.45, 2.75) is 26.4 Å². The van der Waals surface area contributed by atoms with E-state index in [1.807, 2.05) is 44.2 Å². The molecule has 0 aliphatic carbocycles. The molecule has 2 unspecified atom stereocenters. The molecule has 6 nitrogen and oxygen atoms in total. The van der Waals surface area contributed by atoms with Gasteiger partial charge in [-0.15, -0.1) is 0 Å². The van der Waals surface area contributed by atoms with Gasteiger partial charge < -0.3 is 10.4 Å². The van der Waals surface area contributed by atoms with Crippen LogP contribution >= 0.6 is 0 Å². The fourth-order valence-electron chi connectivity index (χ4n) is 2.04. The number of ketones is 1. The molecule has 122 valence electrons. The number of aliphatic hydroxyl groups is 1. The number of nitrogens with one attached hydrogen (secondary N) is 1. The molecule has 2 N–H and O–H groups in total. The van der Waals surface area contributed by atoms with E-state index in [1.165, 1.54) is 17.1 Å². The molecule has 0 saturated heterocycles. The molecular weight excluding hydrogens is 294 g/mol. The lowest BCUT2D eigenvalue weighted by molar-refractivity contribution is -0.117. The normalized spacial score (nSPS) is 13.3. The van der Waals surface area contributed by atoms with E-state index in [2.05, 4.69) is 10.4 Å². The number of Topliss-reactive ketones (excluding diaryl/α,β-unsaturated/α-hetero) is 1. The van der Waals surface area contributed by atoms with Crippen molar-refractivity contribution in [1.82, 2.24) is 15.1 Å². The maximum Gasteiger partial charge on any atom is 0.292 e. The fraction of sp³-hybridized carbons (Fsp3) is 0.353. The number of benzene rings is 1. The van der Waals surface area contributed by atoms with Crippen molar-refractivity contribution >= 4 is 11.7 Å². The molecule has 23 heavy (non-hydrogen) atoms. The van der Waals surface area contributed by atoms with Gasteiger partial charge in [-0.3, -0.25) is 9.59 Å². The van der Waals surface area contributed by atoms with Crippen molar-refractivity contribution in [1.29, 1.82) is 0 Å². The second kappa shape index (κ2) is 7.69. The zero-order valence-electron chi connectivity index (χ0n) is 13.3. The molecule has 6 heteroatoms. The number of hydrogen-bond acceptors (Lipinski definition) is 4. The van der Waals surface area contributed by atoms with E-state index in [1.54, 1.807) is 0 Å². The molecule has 1 amide bonds. The Kier molecular flexibility index (Phi) is 5.65. The Bertz CT molecular complexity index is 667. The molecule has 0 spiro atoms. The molecule has 2 rings (SSSR count). The molecule has 0 fully saturated rings. The summed E-state index contributed by atoms with van der Waals surface area (Å²) in [6, 6.07) is 9.31. The first-order chi connectivity index (χ1) is 11.0. The summed E-state index contributed by atoms with van der Waals surface area (Å²) in [4.78, 5) is 24.0. The van der Waals surface area contributed by atoms with Crippen molar-refractivity contribution in [2.24, 2.45) is 5.92 Å². The van der Waals surface area contributed by atoms with E-state index >= 15 is 0 Å². The Labute approximate surface area is 135 Å². The number of carbonyl (C=O) groups is 2. The van der Waals surface area contributed by atoms with Crippen LogP contribution in [0.1, 0.15) is 30.6 Å². The summed E-state index contributed by atoms with van der Waals surface area (Å²) in [6.07, 6.45) is 3.01. The minimum absolute atomic E-state index is 0.0613. The maximum absolute atomic E-state index is 12.1. The molecule has 2 aromatic rings. The lowest BCUT2D eigenvalue weighted by Crippen LogP contribution is -2.38. The third-order valence-electron chi connectivity index (χ3n) is 3.84. The highest BCUT2D eigenvalue weighted by molar-refractivity contribution is 6.42. The Morgan fingerprint density at radius 2 is 2.00 bits per heavy atom. The van der Waals surface area contributed by atoms with Gasteiger partial charge >= 0.3 is 0 Å². The van der Waals surface area contributed by atoms with Gasteiger partial charge in [0.05, 0.1) is 23.6 Å². The van der Waals surface area contributed by atoms with Crippen LogP contribution in [0.25, 0.3) is 5.69 Å². The van der Waals surface area contributed by atoms with Crippen molar-refractivity contribution in [3.05, 3.63) is 48.3 Å².